The van der Waals surface area contributed by atoms with Crippen molar-refractivity contribution in [2.24, 2.45) is 0 Å². The van der Waals surface area contributed by atoms with Gasteiger partial charge in [-0.25, -0.2) is 4.98 Å². The molecule has 0 saturated heterocycles. The third-order valence-electron chi connectivity index (χ3n) is 2.62. The Kier molecular flexibility index (Phi) is 4.14. The summed E-state index contributed by atoms with van der Waals surface area (Å²) < 4.78 is 21.4. The first-order valence-corrected chi connectivity index (χ1v) is 5.87. The van der Waals surface area contributed by atoms with Gasteiger partial charge in [0, 0.05) is 18.2 Å². The zero-order chi connectivity index (χ0) is 14.5. The molecule has 0 radical (unpaired) electrons. The summed E-state index contributed by atoms with van der Waals surface area (Å²) in [5.41, 5.74) is 6.15. The lowest BCUT2D eigenvalue weighted by atomic mass is 10.2. The average molecular weight is 276 g/mol. The molecule has 0 bridgehead atoms. The van der Waals surface area contributed by atoms with Crippen LogP contribution in [0.15, 0.2) is 30.5 Å². The lowest BCUT2D eigenvalue weighted by Gasteiger charge is -2.14. The summed E-state index contributed by atoms with van der Waals surface area (Å²) in [7, 11) is 4.63. The van der Waals surface area contributed by atoms with E-state index in [9.17, 15) is 0 Å². The Morgan fingerprint density at radius 1 is 0.950 bits per heavy atom. The normalized spacial score (nSPS) is 9.95. The molecule has 2 rings (SSSR count). The van der Waals surface area contributed by atoms with Crippen LogP contribution in [0.1, 0.15) is 0 Å². The van der Waals surface area contributed by atoms with E-state index in [0.29, 0.717) is 34.6 Å². The highest BCUT2D eigenvalue weighted by Gasteiger charge is 2.14. The van der Waals surface area contributed by atoms with Crippen LogP contribution in [0.3, 0.4) is 0 Å². The van der Waals surface area contributed by atoms with Crippen molar-refractivity contribution in [3.63, 3.8) is 0 Å². The van der Waals surface area contributed by atoms with Crippen LogP contribution in [-0.2, 0) is 0 Å². The van der Waals surface area contributed by atoms with Crippen molar-refractivity contribution in [1.29, 1.82) is 0 Å². The Labute approximate surface area is 117 Å². The van der Waals surface area contributed by atoms with E-state index in [1.54, 1.807) is 45.6 Å². The van der Waals surface area contributed by atoms with E-state index < -0.39 is 0 Å². The molecule has 0 unspecified atom stereocenters. The number of nitrogen functional groups attached to an aromatic ring is 1. The maximum Gasteiger partial charge on any atom is 0.219 e. The van der Waals surface area contributed by atoms with Crippen molar-refractivity contribution in [2.45, 2.75) is 0 Å². The monoisotopic (exact) mass is 276 g/mol. The van der Waals surface area contributed by atoms with Crippen molar-refractivity contribution >= 4 is 5.69 Å². The Morgan fingerprint density at radius 3 is 2.05 bits per heavy atom. The summed E-state index contributed by atoms with van der Waals surface area (Å²) in [4.78, 5) is 4.07. The Bertz CT molecular complexity index is 559. The number of nitrogens with zero attached hydrogens (tertiary/aromatic N) is 1. The summed E-state index contributed by atoms with van der Waals surface area (Å²) >= 11 is 0. The van der Waals surface area contributed by atoms with Crippen LogP contribution in [0.25, 0.3) is 0 Å². The van der Waals surface area contributed by atoms with Crippen LogP contribution in [0.4, 0.5) is 5.69 Å². The standard InChI is InChI=1S/C14H16N2O4/c1-17-11-6-10(7-12(18-2)14(11)19-3)20-13-5-4-9(15)8-16-13/h4-8H,15H2,1-3H3. The first-order chi connectivity index (χ1) is 9.67. The van der Waals surface area contributed by atoms with Gasteiger partial charge in [0.1, 0.15) is 5.75 Å². The van der Waals surface area contributed by atoms with Gasteiger partial charge in [0.25, 0.3) is 0 Å². The lowest BCUT2D eigenvalue weighted by Crippen LogP contribution is -1.96. The van der Waals surface area contributed by atoms with E-state index in [2.05, 4.69) is 4.98 Å². The number of anilines is 1. The van der Waals surface area contributed by atoms with Crippen LogP contribution in [0, 0.1) is 0 Å². The SMILES string of the molecule is COc1cc(Oc2ccc(N)cn2)cc(OC)c1OC. The fourth-order valence-electron chi connectivity index (χ4n) is 1.69. The zero-order valence-corrected chi connectivity index (χ0v) is 11.5. The number of hydrogen-bond donors (Lipinski definition) is 1. The number of rotatable bonds is 5. The number of ether oxygens (including phenoxy) is 4. The minimum absolute atomic E-state index is 0.425. The molecule has 1 heterocycles. The fraction of sp³-hybridized carbons (Fsp3) is 0.214. The van der Waals surface area contributed by atoms with Gasteiger partial charge in [-0.05, 0) is 6.07 Å². The van der Waals surface area contributed by atoms with Crippen molar-refractivity contribution in [2.75, 3.05) is 27.1 Å². The molecule has 0 aliphatic carbocycles. The molecule has 0 saturated carbocycles. The molecular weight excluding hydrogens is 260 g/mol. The predicted molar refractivity (Wildman–Crippen MR) is 74.8 cm³/mol. The number of hydrogen-bond acceptors (Lipinski definition) is 6. The Hall–Kier alpha value is -2.63. The number of pyridine rings is 1. The summed E-state index contributed by atoms with van der Waals surface area (Å²) in [6, 6.07) is 6.78. The molecule has 0 fully saturated rings. The average Bonchev–Trinajstić information content (AvgIpc) is 2.48. The van der Waals surface area contributed by atoms with Gasteiger partial charge in [-0.15, -0.1) is 0 Å². The van der Waals surface area contributed by atoms with Crippen molar-refractivity contribution < 1.29 is 18.9 Å². The van der Waals surface area contributed by atoms with E-state index in [-0.39, 0.29) is 0 Å². The van der Waals surface area contributed by atoms with Crippen LogP contribution < -0.4 is 24.7 Å². The van der Waals surface area contributed by atoms with Gasteiger partial charge in [-0.3, -0.25) is 0 Å². The number of benzene rings is 1. The molecule has 106 valence electrons. The van der Waals surface area contributed by atoms with E-state index in [4.69, 9.17) is 24.7 Å². The van der Waals surface area contributed by atoms with E-state index in [1.807, 2.05) is 0 Å². The van der Waals surface area contributed by atoms with Gasteiger partial charge in [-0.1, -0.05) is 0 Å². The Balaban J connectivity index is 2.34. The minimum atomic E-state index is 0.425. The number of methoxy groups -OCH3 is 3. The van der Waals surface area contributed by atoms with Crippen molar-refractivity contribution in [3.05, 3.63) is 30.5 Å². The smallest absolute Gasteiger partial charge is 0.219 e. The van der Waals surface area contributed by atoms with Gasteiger partial charge in [-0.2, -0.15) is 0 Å². The largest absolute Gasteiger partial charge is 0.493 e. The summed E-state index contributed by atoms with van der Waals surface area (Å²) in [5, 5.41) is 0. The van der Waals surface area contributed by atoms with E-state index in [1.165, 1.54) is 6.20 Å². The molecule has 0 atom stereocenters. The molecule has 0 amide bonds. The highest BCUT2D eigenvalue weighted by molar-refractivity contribution is 5.56. The van der Waals surface area contributed by atoms with Gasteiger partial charge in [0.2, 0.25) is 11.6 Å². The highest BCUT2D eigenvalue weighted by atomic mass is 16.5. The van der Waals surface area contributed by atoms with Gasteiger partial charge in [0.05, 0.1) is 33.2 Å². The fourth-order valence-corrected chi connectivity index (χ4v) is 1.69. The first kappa shape index (κ1) is 13.8. The third-order valence-corrected chi connectivity index (χ3v) is 2.62. The van der Waals surface area contributed by atoms with Crippen LogP contribution in [0.2, 0.25) is 0 Å². The summed E-state index contributed by atoms with van der Waals surface area (Å²) in [5.74, 6) is 2.48. The molecule has 20 heavy (non-hydrogen) atoms. The van der Waals surface area contributed by atoms with Gasteiger partial charge in [0.15, 0.2) is 11.5 Å². The number of nitrogens with two attached hydrogens (primary N) is 1. The molecule has 2 N–H and O–H groups in total. The second kappa shape index (κ2) is 6.01. The van der Waals surface area contributed by atoms with Crippen molar-refractivity contribution in [1.82, 2.24) is 4.98 Å². The van der Waals surface area contributed by atoms with Gasteiger partial charge >= 0.3 is 0 Å². The second-order valence-electron chi connectivity index (χ2n) is 3.89. The maximum absolute atomic E-state index is 5.64. The molecule has 0 aliphatic heterocycles. The Morgan fingerprint density at radius 2 is 1.60 bits per heavy atom. The van der Waals surface area contributed by atoms with E-state index in [0.717, 1.165) is 0 Å². The van der Waals surface area contributed by atoms with Crippen LogP contribution >= 0.6 is 0 Å². The molecule has 6 nitrogen and oxygen atoms in total. The number of aromatic nitrogens is 1. The van der Waals surface area contributed by atoms with Crippen molar-refractivity contribution in [3.8, 4) is 28.9 Å². The maximum atomic E-state index is 5.64. The third kappa shape index (κ3) is 2.85. The molecule has 1 aromatic carbocycles. The molecule has 0 aliphatic rings. The molecule has 2 aromatic rings. The second-order valence-corrected chi connectivity index (χ2v) is 3.89. The molecular formula is C14H16N2O4. The van der Waals surface area contributed by atoms with Crippen LogP contribution in [0.5, 0.6) is 28.9 Å². The first-order valence-electron chi connectivity index (χ1n) is 5.87. The molecule has 1 aromatic heterocycles. The lowest BCUT2D eigenvalue weighted by molar-refractivity contribution is 0.320. The minimum Gasteiger partial charge on any atom is -0.493 e. The quantitative estimate of drug-likeness (QED) is 0.904. The predicted octanol–water partition coefficient (Wildman–Crippen LogP) is 2.48. The molecule has 0 spiro atoms. The topological polar surface area (TPSA) is 75.8 Å². The van der Waals surface area contributed by atoms with Gasteiger partial charge < -0.3 is 24.7 Å². The highest BCUT2D eigenvalue weighted by Crippen LogP contribution is 2.41. The molecule has 6 heteroatoms. The zero-order valence-electron chi connectivity index (χ0n) is 11.5. The van der Waals surface area contributed by atoms with E-state index >= 15 is 0 Å². The van der Waals surface area contributed by atoms with Crippen LogP contribution in [-0.4, -0.2) is 26.3 Å². The summed E-state index contributed by atoms with van der Waals surface area (Å²) in [6.07, 6.45) is 1.52. The summed E-state index contributed by atoms with van der Waals surface area (Å²) in [6.45, 7) is 0.